The summed E-state index contributed by atoms with van der Waals surface area (Å²) in [6, 6.07) is 11.1. The van der Waals surface area contributed by atoms with Crippen LogP contribution in [0, 0.1) is 0 Å². The fourth-order valence-corrected chi connectivity index (χ4v) is 2.15. The van der Waals surface area contributed by atoms with Gasteiger partial charge in [-0.3, -0.25) is 4.79 Å². The van der Waals surface area contributed by atoms with Crippen LogP contribution in [0.15, 0.2) is 51.6 Å². The third-order valence-corrected chi connectivity index (χ3v) is 3.39. The molecule has 20 heavy (non-hydrogen) atoms. The molecule has 0 fully saturated rings. The van der Waals surface area contributed by atoms with Crippen molar-refractivity contribution in [2.75, 3.05) is 13.2 Å². The Kier molecular flexibility index (Phi) is 5.83. The van der Waals surface area contributed by atoms with E-state index >= 15 is 0 Å². The van der Waals surface area contributed by atoms with Gasteiger partial charge in [-0.15, -0.1) is 0 Å². The van der Waals surface area contributed by atoms with Crippen molar-refractivity contribution in [3.8, 4) is 0 Å². The highest BCUT2D eigenvalue weighted by molar-refractivity contribution is 9.10. The molecule has 1 heterocycles. The maximum atomic E-state index is 11.9. The van der Waals surface area contributed by atoms with Gasteiger partial charge in [0.2, 0.25) is 0 Å². The molecular formula is C15H16BrNO3. The minimum Gasteiger partial charge on any atom is -0.467 e. The first-order valence-electron chi connectivity index (χ1n) is 6.40. The summed E-state index contributed by atoms with van der Waals surface area (Å²) in [5.74, 6) is 0.728. The number of carbonyl (C=O) groups excluding carboxylic acids is 1. The number of hydrogen-bond acceptors (Lipinski definition) is 3. The molecule has 0 aliphatic heterocycles. The van der Waals surface area contributed by atoms with Crippen LogP contribution >= 0.6 is 15.9 Å². The van der Waals surface area contributed by atoms with Crippen molar-refractivity contribution in [3.63, 3.8) is 0 Å². The molecule has 1 aromatic carbocycles. The van der Waals surface area contributed by atoms with E-state index in [0.29, 0.717) is 25.3 Å². The first-order chi connectivity index (χ1) is 9.77. The lowest BCUT2D eigenvalue weighted by Crippen LogP contribution is -2.25. The van der Waals surface area contributed by atoms with Crippen LogP contribution in [0.4, 0.5) is 0 Å². The fourth-order valence-electron chi connectivity index (χ4n) is 1.68. The van der Waals surface area contributed by atoms with Crippen molar-refractivity contribution >= 4 is 21.8 Å². The maximum Gasteiger partial charge on any atom is 0.252 e. The van der Waals surface area contributed by atoms with Gasteiger partial charge in [0.05, 0.1) is 11.8 Å². The molecule has 0 unspecified atom stereocenters. The van der Waals surface area contributed by atoms with Crippen LogP contribution in [0.25, 0.3) is 0 Å². The zero-order valence-electron chi connectivity index (χ0n) is 11.0. The lowest BCUT2D eigenvalue weighted by molar-refractivity contribution is 0.0916. The molecule has 4 nitrogen and oxygen atoms in total. The van der Waals surface area contributed by atoms with E-state index in [1.807, 2.05) is 30.3 Å². The lowest BCUT2D eigenvalue weighted by Gasteiger charge is -2.07. The minimum atomic E-state index is -0.0801. The third-order valence-electron chi connectivity index (χ3n) is 2.69. The second-order valence-corrected chi connectivity index (χ2v) is 5.08. The van der Waals surface area contributed by atoms with E-state index in [1.54, 1.807) is 12.3 Å². The average Bonchev–Trinajstić information content (AvgIpc) is 2.96. The minimum absolute atomic E-state index is 0.0801. The van der Waals surface area contributed by atoms with E-state index in [9.17, 15) is 4.79 Å². The number of amides is 1. The van der Waals surface area contributed by atoms with Gasteiger partial charge in [0.1, 0.15) is 12.4 Å². The number of rotatable bonds is 7. The SMILES string of the molecule is O=C(NCCCOCc1ccco1)c1ccccc1Br. The van der Waals surface area contributed by atoms with Crippen LogP contribution in [0.2, 0.25) is 0 Å². The Morgan fingerprint density at radius 1 is 1.25 bits per heavy atom. The molecule has 0 aliphatic rings. The first kappa shape index (κ1) is 14.8. The second kappa shape index (κ2) is 7.87. The standard InChI is InChI=1S/C15H16BrNO3/c16-14-7-2-1-6-13(14)15(18)17-8-4-9-19-11-12-5-3-10-20-12/h1-3,5-7,10H,4,8-9,11H2,(H,17,18). The molecule has 2 rings (SSSR count). The van der Waals surface area contributed by atoms with E-state index in [2.05, 4.69) is 21.2 Å². The van der Waals surface area contributed by atoms with Crippen LogP contribution in [0.3, 0.4) is 0 Å². The van der Waals surface area contributed by atoms with Gasteiger partial charge in [-0.1, -0.05) is 12.1 Å². The number of hydrogen-bond donors (Lipinski definition) is 1. The van der Waals surface area contributed by atoms with Gasteiger partial charge in [-0.2, -0.15) is 0 Å². The molecule has 2 aromatic rings. The molecule has 1 N–H and O–H groups in total. The summed E-state index contributed by atoms with van der Waals surface area (Å²) < 4.78 is 11.4. The Bertz CT molecular complexity index is 540. The van der Waals surface area contributed by atoms with Crippen LogP contribution in [-0.4, -0.2) is 19.1 Å². The molecule has 0 bridgehead atoms. The fraction of sp³-hybridized carbons (Fsp3) is 0.267. The third kappa shape index (κ3) is 4.51. The molecule has 0 aliphatic carbocycles. The molecule has 106 valence electrons. The number of benzene rings is 1. The van der Waals surface area contributed by atoms with Gasteiger partial charge in [-0.05, 0) is 46.6 Å². The van der Waals surface area contributed by atoms with Crippen LogP contribution in [-0.2, 0) is 11.3 Å². The first-order valence-corrected chi connectivity index (χ1v) is 7.19. The summed E-state index contributed by atoms with van der Waals surface area (Å²) in [7, 11) is 0. The molecular weight excluding hydrogens is 322 g/mol. The Morgan fingerprint density at radius 2 is 2.10 bits per heavy atom. The van der Waals surface area contributed by atoms with E-state index in [4.69, 9.17) is 9.15 Å². The van der Waals surface area contributed by atoms with Gasteiger partial charge >= 0.3 is 0 Å². The highest BCUT2D eigenvalue weighted by Crippen LogP contribution is 2.15. The molecule has 0 saturated carbocycles. The average molecular weight is 338 g/mol. The second-order valence-electron chi connectivity index (χ2n) is 4.22. The number of carbonyl (C=O) groups is 1. The summed E-state index contributed by atoms with van der Waals surface area (Å²) in [5.41, 5.74) is 0.643. The van der Waals surface area contributed by atoms with Gasteiger partial charge in [0, 0.05) is 17.6 Å². The zero-order valence-corrected chi connectivity index (χ0v) is 12.6. The Morgan fingerprint density at radius 3 is 2.85 bits per heavy atom. The molecule has 0 saturated heterocycles. The molecule has 1 aromatic heterocycles. The van der Waals surface area contributed by atoms with Crippen LogP contribution in [0.5, 0.6) is 0 Å². The quantitative estimate of drug-likeness (QED) is 0.788. The van der Waals surface area contributed by atoms with Crippen molar-refractivity contribution in [3.05, 3.63) is 58.5 Å². The molecule has 0 radical (unpaired) electrons. The largest absolute Gasteiger partial charge is 0.467 e. The maximum absolute atomic E-state index is 11.9. The Labute approximate surface area is 126 Å². The number of nitrogens with one attached hydrogen (secondary N) is 1. The molecule has 0 spiro atoms. The van der Waals surface area contributed by atoms with Crippen molar-refractivity contribution in [2.24, 2.45) is 0 Å². The summed E-state index contributed by atoms with van der Waals surface area (Å²) >= 11 is 3.36. The lowest BCUT2D eigenvalue weighted by atomic mass is 10.2. The molecule has 5 heteroatoms. The van der Waals surface area contributed by atoms with Crippen molar-refractivity contribution in [2.45, 2.75) is 13.0 Å². The predicted molar refractivity (Wildman–Crippen MR) is 79.5 cm³/mol. The Balaban J connectivity index is 1.61. The summed E-state index contributed by atoms with van der Waals surface area (Å²) in [5, 5.41) is 2.86. The Hall–Kier alpha value is -1.59. The number of ether oxygens (including phenoxy) is 1. The predicted octanol–water partition coefficient (Wildman–Crippen LogP) is 3.38. The summed E-state index contributed by atoms with van der Waals surface area (Å²) in [6.07, 6.45) is 2.38. The topological polar surface area (TPSA) is 51.5 Å². The van der Waals surface area contributed by atoms with Crippen molar-refractivity contribution in [1.82, 2.24) is 5.32 Å². The van der Waals surface area contributed by atoms with Gasteiger partial charge in [0.25, 0.3) is 5.91 Å². The summed E-state index contributed by atoms with van der Waals surface area (Å²) in [4.78, 5) is 11.9. The number of halogens is 1. The highest BCUT2D eigenvalue weighted by atomic mass is 79.9. The van der Waals surface area contributed by atoms with Crippen LogP contribution in [0.1, 0.15) is 22.5 Å². The zero-order chi connectivity index (χ0) is 14.2. The highest BCUT2D eigenvalue weighted by Gasteiger charge is 2.07. The molecule has 1 amide bonds. The normalized spacial score (nSPS) is 10.4. The van der Waals surface area contributed by atoms with Crippen LogP contribution < -0.4 is 5.32 Å². The smallest absolute Gasteiger partial charge is 0.252 e. The van der Waals surface area contributed by atoms with E-state index in [1.165, 1.54) is 0 Å². The van der Waals surface area contributed by atoms with Gasteiger partial charge in [-0.25, -0.2) is 0 Å². The number of furan rings is 1. The van der Waals surface area contributed by atoms with E-state index in [0.717, 1.165) is 16.7 Å². The van der Waals surface area contributed by atoms with E-state index < -0.39 is 0 Å². The van der Waals surface area contributed by atoms with E-state index in [-0.39, 0.29) is 5.91 Å². The summed E-state index contributed by atoms with van der Waals surface area (Å²) in [6.45, 7) is 1.63. The van der Waals surface area contributed by atoms with Gasteiger partial charge < -0.3 is 14.5 Å². The van der Waals surface area contributed by atoms with Gasteiger partial charge in [0.15, 0.2) is 0 Å². The molecule has 0 atom stereocenters. The van der Waals surface area contributed by atoms with Crippen molar-refractivity contribution < 1.29 is 13.9 Å². The van der Waals surface area contributed by atoms with Crippen molar-refractivity contribution in [1.29, 1.82) is 0 Å². The monoisotopic (exact) mass is 337 g/mol.